The zero-order valence-corrected chi connectivity index (χ0v) is 34.6. The molecular formula is C60H37N3O. The Morgan fingerprint density at radius 3 is 1.06 bits per heavy atom. The summed E-state index contributed by atoms with van der Waals surface area (Å²) in [5.74, 6) is 0. The van der Waals surface area contributed by atoms with Crippen LogP contribution in [-0.2, 0) is 0 Å². The van der Waals surface area contributed by atoms with Crippen molar-refractivity contribution in [2.24, 2.45) is 0 Å². The highest BCUT2D eigenvalue weighted by atomic mass is 16.3. The Labute approximate surface area is 367 Å². The quantitative estimate of drug-likeness (QED) is 0.170. The molecule has 0 saturated carbocycles. The zero-order valence-electron chi connectivity index (χ0n) is 34.6. The van der Waals surface area contributed by atoms with E-state index in [0.29, 0.717) is 0 Å². The van der Waals surface area contributed by atoms with E-state index in [2.05, 4.69) is 226 Å². The number of aromatic nitrogens is 3. The number of furan rings is 1. The largest absolute Gasteiger partial charge is 0.456 e. The average Bonchev–Trinajstić information content (AvgIpc) is 4.10. The summed E-state index contributed by atoms with van der Waals surface area (Å²) in [6.07, 6.45) is 0. The molecule has 14 rings (SSSR count). The van der Waals surface area contributed by atoms with Crippen LogP contribution in [0.1, 0.15) is 0 Å². The van der Waals surface area contributed by atoms with Crippen LogP contribution in [0, 0.1) is 0 Å². The predicted octanol–water partition coefficient (Wildman–Crippen LogP) is 16.2. The molecule has 0 bridgehead atoms. The standard InChI is InChI=1S/C60H37N3O/c1-3-13-42(14-4-1)61-53-20-10-7-17-45(53)49-33-38(23-29-55(49)61)40-25-31-57-51(35-40)52-36-41(26-32-58(52)62(57)43-15-5-2-6-16-43)39-24-30-56-50(34-39)46-18-8-11-21-54(46)63(56)44-27-28-48-47-19-9-12-22-59(47)64-60(48)37-44/h1-37H. The molecule has 0 radical (unpaired) electrons. The van der Waals surface area contributed by atoms with Crippen LogP contribution in [0.3, 0.4) is 0 Å². The normalized spacial score (nSPS) is 12.1. The summed E-state index contributed by atoms with van der Waals surface area (Å²) in [5, 5.41) is 9.66. The molecule has 0 N–H and O–H groups in total. The molecule has 14 aromatic rings. The Morgan fingerprint density at radius 1 is 0.219 bits per heavy atom. The Bertz CT molecular complexity index is 4180. The van der Waals surface area contributed by atoms with Crippen LogP contribution in [0.25, 0.3) is 127 Å². The van der Waals surface area contributed by atoms with E-state index in [9.17, 15) is 0 Å². The van der Waals surface area contributed by atoms with Crippen molar-refractivity contribution in [2.75, 3.05) is 0 Å². The molecule has 0 aliphatic carbocycles. The van der Waals surface area contributed by atoms with E-state index in [4.69, 9.17) is 4.42 Å². The molecule has 0 amide bonds. The van der Waals surface area contributed by atoms with Gasteiger partial charge in [0.05, 0.1) is 33.1 Å². The molecule has 10 aromatic carbocycles. The maximum Gasteiger partial charge on any atom is 0.137 e. The van der Waals surface area contributed by atoms with E-state index < -0.39 is 0 Å². The third-order valence-electron chi connectivity index (χ3n) is 13.4. The average molecular weight is 816 g/mol. The first kappa shape index (κ1) is 35.0. The Hall–Kier alpha value is -8.60. The predicted molar refractivity (Wildman–Crippen MR) is 268 cm³/mol. The number of hydrogen-bond acceptors (Lipinski definition) is 1. The zero-order chi connectivity index (χ0) is 41.9. The fourth-order valence-corrected chi connectivity index (χ4v) is 10.5. The van der Waals surface area contributed by atoms with Crippen molar-refractivity contribution in [2.45, 2.75) is 0 Å². The molecule has 0 fully saturated rings. The minimum atomic E-state index is 0.892. The van der Waals surface area contributed by atoms with Gasteiger partial charge < -0.3 is 18.1 Å². The molecule has 298 valence electrons. The number of hydrogen-bond donors (Lipinski definition) is 0. The van der Waals surface area contributed by atoms with Crippen molar-refractivity contribution in [1.29, 1.82) is 0 Å². The van der Waals surface area contributed by atoms with Crippen molar-refractivity contribution in [3.8, 4) is 39.3 Å². The smallest absolute Gasteiger partial charge is 0.137 e. The highest BCUT2D eigenvalue weighted by Crippen LogP contribution is 2.41. The van der Waals surface area contributed by atoms with Gasteiger partial charge in [0.15, 0.2) is 0 Å². The van der Waals surface area contributed by atoms with Gasteiger partial charge in [0, 0.05) is 66.2 Å². The van der Waals surface area contributed by atoms with E-state index in [1.165, 1.54) is 82.2 Å². The minimum Gasteiger partial charge on any atom is -0.456 e. The summed E-state index contributed by atoms with van der Waals surface area (Å²) in [5.41, 5.74) is 17.1. The van der Waals surface area contributed by atoms with Crippen LogP contribution < -0.4 is 0 Å². The van der Waals surface area contributed by atoms with Gasteiger partial charge in [-0.25, -0.2) is 0 Å². The number of para-hydroxylation sites is 5. The van der Waals surface area contributed by atoms with E-state index in [-0.39, 0.29) is 0 Å². The van der Waals surface area contributed by atoms with Gasteiger partial charge in [-0.3, -0.25) is 0 Å². The summed E-state index contributed by atoms with van der Waals surface area (Å²) in [4.78, 5) is 0. The summed E-state index contributed by atoms with van der Waals surface area (Å²) in [6.45, 7) is 0. The molecule has 0 aliphatic rings. The first-order chi connectivity index (χ1) is 31.7. The van der Waals surface area contributed by atoms with Crippen LogP contribution in [0.15, 0.2) is 229 Å². The van der Waals surface area contributed by atoms with Crippen molar-refractivity contribution < 1.29 is 4.42 Å². The van der Waals surface area contributed by atoms with Gasteiger partial charge in [0.1, 0.15) is 11.2 Å². The molecule has 64 heavy (non-hydrogen) atoms. The molecule has 4 aromatic heterocycles. The number of benzene rings is 10. The molecule has 0 atom stereocenters. The molecule has 0 unspecified atom stereocenters. The van der Waals surface area contributed by atoms with Crippen molar-refractivity contribution in [3.63, 3.8) is 0 Å². The lowest BCUT2D eigenvalue weighted by atomic mass is 9.98. The number of nitrogens with zero attached hydrogens (tertiary/aromatic N) is 3. The highest BCUT2D eigenvalue weighted by Gasteiger charge is 2.19. The lowest BCUT2D eigenvalue weighted by molar-refractivity contribution is 0.668. The molecule has 4 heterocycles. The van der Waals surface area contributed by atoms with Crippen molar-refractivity contribution in [3.05, 3.63) is 224 Å². The third kappa shape index (κ3) is 5.11. The van der Waals surface area contributed by atoms with Crippen molar-refractivity contribution >= 4 is 87.4 Å². The summed E-state index contributed by atoms with van der Waals surface area (Å²) in [6, 6.07) is 81.6. The van der Waals surface area contributed by atoms with Crippen LogP contribution in [0.2, 0.25) is 0 Å². The molecule has 0 saturated heterocycles. The van der Waals surface area contributed by atoms with Crippen molar-refractivity contribution in [1.82, 2.24) is 13.7 Å². The molecule has 0 spiro atoms. The van der Waals surface area contributed by atoms with E-state index in [1.807, 2.05) is 12.1 Å². The van der Waals surface area contributed by atoms with Gasteiger partial charge in [-0.05, 0) is 125 Å². The number of rotatable bonds is 5. The summed E-state index contributed by atoms with van der Waals surface area (Å²) < 4.78 is 13.5. The second-order valence-corrected chi connectivity index (χ2v) is 16.9. The maximum atomic E-state index is 6.35. The SMILES string of the molecule is c1ccc(-n2c3ccccc3c3cc(-c4ccc5c(c4)c4cc(-c6ccc7c(c6)c6ccccc6n7-c6ccc7c(c6)oc6ccccc67)ccc4n5-c4ccccc4)ccc32)cc1. The monoisotopic (exact) mass is 815 g/mol. The molecule has 4 nitrogen and oxygen atoms in total. The van der Waals surface area contributed by atoms with Gasteiger partial charge in [0.25, 0.3) is 0 Å². The van der Waals surface area contributed by atoms with E-state index in [0.717, 1.165) is 44.5 Å². The lowest BCUT2D eigenvalue weighted by Gasteiger charge is -2.09. The summed E-state index contributed by atoms with van der Waals surface area (Å²) in [7, 11) is 0. The molecule has 4 heteroatoms. The van der Waals surface area contributed by atoms with Gasteiger partial charge in [-0.2, -0.15) is 0 Å². The van der Waals surface area contributed by atoms with E-state index >= 15 is 0 Å². The molecule has 0 aliphatic heterocycles. The maximum absolute atomic E-state index is 6.35. The second-order valence-electron chi connectivity index (χ2n) is 16.9. The van der Waals surface area contributed by atoms with Gasteiger partial charge in [-0.1, -0.05) is 115 Å². The second kappa shape index (κ2) is 13.4. The molecular weight excluding hydrogens is 779 g/mol. The van der Waals surface area contributed by atoms with Crippen LogP contribution >= 0.6 is 0 Å². The third-order valence-corrected chi connectivity index (χ3v) is 13.4. The first-order valence-electron chi connectivity index (χ1n) is 21.9. The minimum absolute atomic E-state index is 0.892. The Balaban J connectivity index is 0.935. The fourth-order valence-electron chi connectivity index (χ4n) is 10.5. The van der Waals surface area contributed by atoms with Gasteiger partial charge in [-0.15, -0.1) is 0 Å². The van der Waals surface area contributed by atoms with Crippen LogP contribution in [-0.4, -0.2) is 13.7 Å². The van der Waals surface area contributed by atoms with Gasteiger partial charge in [0.2, 0.25) is 0 Å². The van der Waals surface area contributed by atoms with Gasteiger partial charge >= 0.3 is 0 Å². The highest BCUT2D eigenvalue weighted by molar-refractivity contribution is 6.15. The Morgan fingerprint density at radius 2 is 0.578 bits per heavy atom. The lowest BCUT2D eigenvalue weighted by Crippen LogP contribution is -1.93. The van der Waals surface area contributed by atoms with Crippen LogP contribution in [0.4, 0.5) is 0 Å². The summed E-state index contributed by atoms with van der Waals surface area (Å²) >= 11 is 0. The van der Waals surface area contributed by atoms with E-state index in [1.54, 1.807) is 0 Å². The van der Waals surface area contributed by atoms with Crippen LogP contribution in [0.5, 0.6) is 0 Å². The Kier molecular flexibility index (Phi) is 7.36. The topological polar surface area (TPSA) is 27.9 Å². The number of fused-ring (bicyclic) bond motifs is 12. The fraction of sp³-hybridized carbons (Fsp3) is 0. The first-order valence-corrected chi connectivity index (χ1v) is 21.9.